The van der Waals surface area contributed by atoms with Gasteiger partial charge in [0, 0.05) is 18.4 Å². The van der Waals surface area contributed by atoms with E-state index in [0.717, 1.165) is 29.1 Å². The molecule has 1 amide bonds. The third kappa shape index (κ3) is 6.64. The van der Waals surface area contributed by atoms with Gasteiger partial charge in [0.15, 0.2) is 0 Å². The molecule has 29 heavy (non-hydrogen) atoms. The number of nitrogens with zero attached hydrogens (tertiary/aromatic N) is 1. The third-order valence-corrected chi connectivity index (χ3v) is 4.40. The molecule has 3 rings (SSSR count). The van der Waals surface area contributed by atoms with E-state index >= 15 is 0 Å². The predicted octanol–water partition coefficient (Wildman–Crippen LogP) is 5.18. The fourth-order valence-corrected chi connectivity index (χ4v) is 2.75. The lowest BCUT2D eigenvalue weighted by atomic mass is 10.1. The lowest BCUT2D eigenvalue weighted by Gasteiger charge is -2.10. The number of pyridine rings is 1. The number of anilines is 2. The predicted molar refractivity (Wildman–Crippen MR) is 117 cm³/mol. The van der Waals surface area contributed by atoms with Crippen molar-refractivity contribution in [3.63, 3.8) is 0 Å². The van der Waals surface area contributed by atoms with Gasteiger partial charge in [-0.25, -0.2) is 0 Å². The van der Waals surface area contributed by atoms with Gasteiger partial charge in [-0.3, -0.25) is 9.78 Å². The van der Waals surface area contributed by atoms with Crippen molar-refractivity contribution in [2.24, 2.45) is 5.92 Å². The molecule has 0 unspecified atom stereocenters. The number of rotatable bonds is 9. The van der Waals surface area contributed by atoms with Crippen LogP contribution in [-0.2, 0) is 6.61 Å². The van der Waals surface area contributed by atoms with Crippen molar-refractivity contribution < 1.29 is 9.53 Å². The van der Waals surface area contributed by atoms with Crippen molar-refractivity contribution in [1.82, 2.24) is 10.3 Å². The van der Waals surface area contributed by atoms with E-state index in [1.165, 1.54) is 0 Å². The second-order valence-electron chi connectivity index (χ2n) is 7.32. The fraction of sp³-hybridized carbons (Fsp3) is 0.250. The van der Waals surface area contributed by atoms with Crippen molar-refractivity contribution >= 4 is 17.3 Å². The van der Waals surface area contributed by atoms with Gasteiger partial charge in [0.05, 0.1) is 17.4 Å². The Bertz CT molecular complexity index is 909. The van der Waals surface area contributed by atoms with Crippen LogP contribution in [0.25, 0.3) is 0 Å². The highest BCUT2D eigenvalue weighted by molar-refractivity contribution is 5.94. The minimum Gasteiger partial charge on any atom is -0.489 e. The minimum atomic E-state index is -0.105. The molecule has 1 aromatic heterocycles. The van der Waals surface area contributed by atoms with E-state index in [2.05, 4.69) is 29.5 Å². The number of nitrogens with one attached hydrogen (secondary N) is 2. The quantitative estimate of drug-likeness (QED) is 0.529. The molecule has 0 bridgehead atoms. The van der Waals surface area contributed by atoms with E-state index in [9.17, 15) is 4.79 Å². The average molecular weight is 389 g/mol. The molecular weight excluding hydrogens is 362 g/mol. The summed E-state index contributed by atoms with van der Waals surface area (Å²) in [5.41, 5.74) is 3.33. The zero-order valence-electron chi connectivity index (χ0n) is 16.9. The summed E-state index contributed by atoms with van der Waals surface area (Å²) in [7, 11) is 0. The number of hydrogen-bond donors (Lipinski definition) is 2. The van der Waals surface area contributed by atoms with Gasteiger partial charge in [-0.15, -0.1) is 0 Å². The van der Waals surface area contributed by atoms with Crippen molar-refractivity contribution in [2.45, 2.75) is 26.9 Å². The number of aromatic nitrogens is 1. The molecule has 2 aromatic carbocycles. The Morgan fingerprint density at radius 3 is 2.48 bits per heavy atom. The zero-order valence-corrected chi connectivity index (χ0v) is 16.9. The van der Waals surface area contributed by atoms with Crippen LogP contribution in [0.3, 0.4) is 0 Å². The number of amides is 1. The summed E-state index contributed by atoms with van der Waals surface area (Å²) in [5.74, 6) is 1.25. The molecule has 0 saturated carbocycles. The maximum absolute atomic E-state index is 12.3. The molecule has 0 saturated heterocycles. The summed E-state index contributed by atoms with van der Waals surface area (Å²) in [4.78, 5) is 16.4. The molecule has 0 fully saturated rings. The largest absolute Gasteiger partial charge is 0.489 e. The van der Waals surface area contributed by atoms with Gasteiger partial charge in [-0.1, -0.05) is 44.2 Å². The second-order valence-corrected chi connectivity index (χ2v) is 7.32. The maximum atomic E-state index is 12.3. The topological polar surface area (TPSA) is 63.2 Å². The number of carbonyl (C=O) groups excluding carboxylic acids is 1. The third-order valence-electron chi connectivity index (χ3n) is 4.40. The Kier molecular flexibility index (Phi) is 7.22. The first-order valence-corrected chi connectivity index (χ1v) is 9.87. The van der Waals surface area contributed by atoms with Crippen LogP contribution in [0.4, 0.5) is 11.4 Å². The molecule has 0 aliphatic carbocycles. The van der Waals surface area contributed by atoms with Crippen LogP contribution in [0.2, 0.25) is 0 Å². The summed E-state index contributed by atoms with van der Waals surface area (Å²) >= 11 is 0. The van der Waals surface area contributed by atoms with E-state index in [0.29, 0.717) is 24.6 Å². The SMILES string of the molecule is CC(C)CCNC(=O)c1cncc(Nc2ccc(OCc3ccccc3)cc2)c1. The molecular formula is C24H27N3O2. The Hall–Kier alpha value is -3.34. The van der Waals surface area contributed by atoms with E-state index < -0.39 is 0 Å². The first-order chi connectivity index (χ1) is 14.1. The smallest absolute Gasteiger partial charge is 0.252 e. The molecule has 3 aromatic rings. The molecule has 0 radical (unpaired) electrons. The van der Waals surface area contributed by atoms with Crippen LogP contribution in [0.15, 0.2) is 73.1 Å². The van der Waals surface area contributed by atoms with E-state index in [4.69, 9.17) is 4.74 Å². The van der Waals surface area contributed by atoms with Crippen LogP contribution in [0.5, 0.6) is 5.75 Å². The highest BCUT2D eigenvalue weighted by Crippen LogP contribution is 2.21. The Morgan fingerprint density at radius 1 is 1.00 bits per heavy atom. The summed E-state index contributed by atoms with van der Waals surface area (Å²) in [6.07, 6.45) is 4.23. The van der Waals surface area contributed by atoms with Gasteiger partial charge < -0.3 is 15.4 Å². The second kappa shape index (κ2) is 10.3. The van der Waals surface area contributed by atoms with Crippen LogP contribution >= 0.6 is 0 Å². The van der Waals surface area contributed by atoms with Crippen molar-refractivity contribution in [3.8, 4) is 5.75 Å². The van der Waals surface area contributed by atoms with Crippen LogP contribution in [0.1, 0.15) is 36.2 Å². The number of benzene rings is 2. The molecule has 0 aliphatic rings. The molecule has 0 spiro atoms. The zero-order chi connectivity index (χ0) is 20.5. The molecule has 5 nitrogen and oxygen atoms in total. The first-order valence-electron chi connectivity index (χ1n) is 9.87. The van der Waals surface area contributed by atoms with Crippen LogP contribution in [-0.4, -0.2) is 17.4 Å². The number of hydrogen-bond acceptors (Lipinski definition) is 4. The highest BCUT2D eigenvalue weighted by Gasteiger charge is 2.07. The van der Waals surface area contributed by atoms with Crippen molar-refractivity contribution in [1.29, 1.82) is 0 Å². The fourth-order valence-electron chi connectivity index (χ4n) is 2.75. The molecule has 0 atom stereocenters. The number of ether oxygens (including phenoxy) is 1. The standard InChI is InChI=1S/C24H27N3O2/c1-18(2)12-13-26-24(28)20-14-22(16-25-15-20)27-21-8-10-23(11-9-21)29-17-19-6-4-3-5-7-19/h3-11,14-16,18,27H,12-13,17H2,1-2H3,(H,26,28). The van der Waals surface area contributed by atoms with Gasteiger partial charge in [0.1, 0.15) is 12.4 Å². The highest BCUT2D eigenvalue weighted by atomic mass is 16.5. The summed E-state index contributed by atoms with van der Waals surface area (Å²) in [6, 6.07) is 19.6. The van der Waals surface area contributed by atoms with Crippen LogP contribution in [0, 0.1) is 5.92 Å². The van der Waals surface area contributed by atoms with E-state index in [-0.39, 0.29) is 5.91 Å². The Labute approximate surface area is 172 Å². The first kappa shape index (κ1) is 20.4. The Morgan fingerprint density at radius 2 is 1.76 bits per heavy atom. The summed E-state index contributed by atoms with van der Waals surface area (Å²) in [5, 5.41) is 6.21. The molecule has 2 N–H and O–H groups in total. The maximum Gasteiger partial charge on any atom is 0.252 e. The van der Waals surface area contributed by atoms with Gasteiger partial charge in [-0.2, -0.15) is 0 Å². The molecule has 0 aliphatic heterocycles. The van der Waals surface area contributed by atoms with Gasteiger partial charge in [-0.05, 0) is 48.2 Å². The van der Waals surface area contributed by atoms with Gasteiger partial charge in [0.2, 0.25) is 0 Å². The number of carbonyl (C=O) groups is 1. The molecule has 150 valence electrons. The minimum absolute atomic E-state index is 0.105. The van der Waals surface area contributed by atoms with Crippen molar-refractivity contribution in [2.75, 3.05) is 11.9 Å². The van der Waals surface area contributed by atoms with Gasteiger partial charge in [0.25, 0.3) is 5.91 Å². The lowest BCUT2D eigenvalue weighted by Crippen LogP contribution is -2.25. The molecule has 5 heteroatoms. The summed E-state index contributed by atoms with van der Waals surface area (Å²) < 4.78 is 5.81. The van der Waals surface area contributed by atoms with E-state index in [1.54, 1.807) is 18.5 Å². The average Bonchev–Trinajstić information content (AvgIpc) is 2.74. The van der Waals surface area contributed by atoms with E-state index in [1.807, 2.05) is 54.6 Å². The molecule has 1 heterocycles. The van der Waals surface area contributed by atoms with Gasteiger partial charge >= 0.3 is 0 Å². The monoisotopic (exact) mass is 389 g/mol. The normalized spacial score (nSPS) is 10.6. The van der Waals surface area contributed by atoms with Crippen molar-refractivity contribution in [3.05, 3.63) is 84.2 Å². The Balaban J connectivity index is 1.55. The van der Waals surface area contributed by atoms with Crippen LogP contribution < -0.4 is 15.4 Å². The lowest BCUT2D eigenvalue weighted by molar-refractivity contribution is 0.0951. The summed E-state index contributed by atoms with van der Waals surface area (Å²) in [6.45, 7) is 5.47.